The molecule has 2 amide bonds. The largest absolute Gasteiger partial charge is 0.354 e. The molecule has 0 spiro atoms. The highest BCUT2D eigenvalue weighted by Gasteiger charge is 2.31. The number of anilines is 1. The number of benzene rings is 2. The number of non-ortho nitro benzene ring substituents is 1. The van der Waals surface area contributed by atoms with Gasteiger partial charge in [-0.3, -0.25) is 24.0 Å². The predicted molar refractivity (Wildman–Crippen MR) is 139 cm³/mol. The molecule has 36 heavy (non-hydrogen) atoms. The lowest BCUT2D eigenvalue weighted by Gasteiger charge is -2.33. The Morgan fingerprint density at radius 1 is 1.08 bits per heavy atom. The standard InChI is InChI=1S/C25H34N4O6S/c1-5-23(25(31)26-17-19(2)3)27(15-14-20-10-7-6-8-11-20)24(30)18-28(36(4,34)35)21-12-9-13-22(16-21)29(32)33/h6-13,16,19,23H,5,14-15,17-18H2,1-4H3,(H,26,31)/t23-/m1/s1. The third-order valence-electron chi connectivity index (χ3n) is 5.56. The van der Waals surface area contributed by atoms with E-state index < -0.39 is 33.4 Å². The number of nitro benzene ring substituents is 1. The van der Waals surface area contributed by atoms with Crippen molar-refractivity contribution in [2.75, 3.05) is 30.2 Å². The van der Waals surface area contributed by atoms with E-state index in [0.29, 0.717) is 19.4 Å². The van der Waals surface area contributed by atoms with Crippen molar-refractivity contribution < 1.29 is 22.9 Å². The number of carbonyl (C=O) groups is 2. The van der Waals surface area contributed by atoms with Crippen LogP contribution in [0.1, 0.15) is 32.8 Å². The van der Waals surface area contributed by atoms with Crippen LogP contribution in [0.4, 0.5) is 11.4 Å². The van der Waals surface area contributed by atoms with Gasteiger partial charge in [-0.1, -0.05) is 57.2 Å². The Hall–Kier alpha value is -3.47. The lowest BCUT2D eigenvalue weighted by Crippen LogP contribution is -2.53. The number of hydrogen-bond donors (Lipinski definition) is 1. The van der Waals surface area contributed by atoms with E-state index in [1.54, 1.807) is 6.92 Å². The smallest absolute Gasteiger partial charge is 0.271 e. The van der Waals surface area contributed by atoms with Crippen molar-refractivity contribution in [1.29, 1.82) is 0 Å². The molecule has 0 heterocycles. The number of nitrogens with zero attached hydrogens (tertiary/aromatic N) is 3. The summed E-state index contributed by atoms with van der Waals surface area (Å²) in [5, 5.41) is 14.1. The van der Waals surface area contributed by atoms with Crippen molar-refractivity contribution in [3.05, 3.63) is 70.3 Å². The van der Waals surface area contributed by atoms with Gasteiger partial charge in [0.2, 0.25) is 21.8 Å². The SMILES string of the molecule is CC[C@H](C(=O)NCC(C)C)N(CCc1ccccc1)C(=O)CN(c1cccc([N+](=O)[O-])c1)S(C)(=O)=O. The quantitative estimate of drug-likeness (QED) is 0.320. The Balaban J connectivity index is 2.38. The number of carbonyl (C=O) groups excluding carboxylic acids is 2. The molecule has 0 aliphatic carbocycles. The molecule has 1 N–H and O–H groups in total. The molecule has 0 bridgehead atoms. The molecular formula is C25H34N4O6S. The van der Waals surface area contributed by atoms with Gasteiger partial charge in [0.05, 0.1) is 16.9 Å². The maximum atomic E-state index is 13.6. The molecule has 2 aromatic carbocycles. The van der Waals surface area contributed by atoms with Crippen molar-refractivity contribution in [3.8, 4) is 0 Å². The third kappa shape index (κ3) is 8.33. The van der Waals surface area contributed by atoms with E-state index in [-0.39, 0.29) is 29.7 Å². The minimum absolute atomic E-state index is 0.000340. The first-order valence-electron chi connectivity index (χ1n) is 11.8. The molecule has 0 saturated carbocycles. The summed E-state index contributed by atoms with van der Waals surface area (Å²) >= 11 is 0. The first-order chi connectivity index (χ1) is 16.9. The van der Waals surface area contributed by atoms with Crippen LogP contribution in [0.2, 0.25) is 0 Å². The Morgan fingerprint density at radius 2 is 1.75 bits per heavy atom. The van der Waals surface area contributed by atoms with E-state index >= 15 is 0 Å². The normalized spacial score (nSPS) is 12.1. The summed E-state index contributed by atoms with van der Waals surface area (Å²) in [6, 6.07) is 13.8. The molecule has 10 nitrogen and oxygen atoms in total. The maximum absolute atomic E-state index is 13.6. The van der Waals surface area contributed by atoms with Crippen molar-refractivity contribution in [3.63, 3.8) is 0 Å². The number of nitrogens with one attached hydrogen (secondary N) is 1. The highest BCUT2D eigenvalue weighted by atomic mass is 32.2. The zero-order valence-corrected chi connectivity index (χ0v) is 21.9. The van der Waals surface area contributed by atoms with Crippen LogP contribution in [-0.2, 0) is 26.0 Å². The van der Waals surface area contributed by atoms with Gasteiger partial charge >= 0.3 is 0 Å². The Morgan fingerprint density at radius 3 is 2.31 bits per heavy atom. The minimum Gasteiger partial charge on any atom is -0.354 e. The molecular weight excluding hydrogens is 484 g/mol. The van der Waals surface area contributed by atoms with Crippen LogP contribution < -0.4 is 9.62 Å². The van der Waals surface area contributed by atoms with Crippen LogP contribution in [0.3, 0.4) is 0 Å². The van der Waals surface area contributed by atoms with E-state index in [2.05, 4.69) is 5.32 Å². The summed E-state index contributed by atoms with van der Waals surface area (Å²) < 4.78 is 26.0. The molecule has 0 unspecified atom stereocenters. The van der Waals surface area contributed by atoms with Gasteiger partial charge in [0, 0.05) is 25.2 Å². The molecule has 0 saturated heterocycles. The lowest BCUT2D eigenvalue weighted by molar-refractivity contribution is -0.384. The number of rotatable bonds is 13. The van der Waals surface area contributed by atoms with Gasteiger partial charge in [-0.05, 0) is 30.4 Å². The van der Waals surface area contributed by atoms with E-state index in [1.165, 1.54) is 23.1 Å². The maximum Gasteiger partial charge on any atom is 0.271 e. The Kier molecular flexibility index (Phi) is 10.4. The summed E-state index contributed by atoms with van der Waals surface area (Å²) in [7, 11) is -3.97. The third-order valence-corrected chi connectivity index (χ3v) is 6.70. The summed E-state index contributed by atoms with van der Waals surface area (Å²) in [6.45, 7) is 5.76. The molecule has 11 heteroatoms. The molecule has 196 valence electrons. The summed E-state index contributed by atoms with van der Waals surface area (Å²) in [5.74, 6) is -0.669. The van der Waals surface area contributed by atoms with Gasteiger partial charge in [-0.25, -0.2) is 8.42 Å². The van der Waals surface area contributed by atoms with Crippen LogP contribution in [0.5, 0.6) is 0 Å². The highest BCUT2D eigenvalue weighted by molar-refractivity contribution is 7.92. The van der Waals surface area contributed by atoms with E-state index in [9.17, 15) is 28.1 Å². The van der Waals surface area contributed by atoms with Gasteiger partial charge in [-0.2, -0.15) is 0 Å². The van der Waals surface area contributed by atoms with Gasteiger partial charge in [-0.15, -0.1) is 0 Å². The topological polar surface area (TPSA) is 130 Å². The van der Waals surface area contributed by atoms with Crippen molar-refractivity contribution >= 4 is 33.2 Å². The van der Waals surface area contributed by atoms with Gasteiger partial charge in [0.1, 0.15) is 12.6 Å². The highest BCUT2D eigenvalue weighted by Crippen LogP contribution is 2.23. The lowest BCUT2D eigenvalue weighted by atomic mass is 10.1. The first kappa shape index (κ1) is 28.8. The second kappa shape index (κ2) is 13.0. The fourth-order valence-corrected chi connectivity index (χ4v) is 4.54. The second-order valence-electron chi connectivity index (χ2n) is 8.93. The molecule has 1 atom stereocenters. The summed E-state index contributed by atoms with van der Waals surface area (Å²) in [5.41, 5.74) is 0.667. The average molecular weight is 519 g/mol. The molecule has 0 aliphatic heterocycles. The number of nitro groups is 1. The average Bonchev–Trinajstić information content (AvgIpc) is 2.83. The second-order valence-corrected chi connectivity index (χ2v) is 10.8. The van der Waals surface area contributed by atoms with Crippen LogP contribution in [0.15, 0.2) is 54.6 Å². The molecule has 0 radical (unpaired) electrons. The van der Waals surface area contributed by atoms with E-state index in [1.807, 2.05) is 44.2 Å². The Bertz CT molecular complexity index is 1150. The fourth-order valence-electron chi connectivity index (χ4n) is 3.69. The van der Waals surface area contributed by atoms with Gasteiger partial charge < -0.3 is 10.2 Å². The monoisotopic (exact) mass is 518 g/mol. The summed E-state index contributed by atoms with van der Waals surface area (Å²) in [4.78, 5) is 38.5. The molecule has 0 aliphatic rings. The molecule has 2 aromatic rings. The fraction of sp³-hybridized carbons (Fsp3) is 0.440. The molecule has 0 fully saturated rings. The van der Waals surface area contributed by atoms with Gasteiger partial charge in [0.15, 0.2) is 0 Å². The zero-order chi connectivity index (χ0) is 26.9. The van der Waals surface area contributed by atoms with Crippen LogP contribution in [-0.4, -0.2) is 62.0 Å². The molecule has 2 rings (SSSR count). The predicted octanol–water partition coefficient (Wildman–Crippen LogP) is 2.98. The number of hydrogen-bond acceptors (Lipinski definition) is 6. The van der Waals surface area contributed by atoms with Crippen LogP contribution in [0, 0.1) is 16.0 Å². The Labute approximate surface area is 212 Å². The van der Waals surface area contributed by atoms with Crippen LogP contribution in [0.25, 0.3) is 0 Å². The summed E-state index contributed by atoms with van der Waals surface area (Å²) in [6.07, 6.45) is 1.73. The van der Waals surface area contributed by atoms with Crippen LogP contribution >= 0.6 is 0 Å². The van der Waals surface area contributed by atoms with E-state index in [0.717, 1.165) is 22.2 Å². The zero-order valence-electron chi connectivity index (χ0n) is 21.1. The molecule has 0 aromatic heterocycles. The van der Waals surface area contributed by atoms with Crippen molar-refractivity contribution in [1.82, 2.24) is 10.2 Å². The van der Waals surface area contributed by atoms with Gasteiger partial charge in [0.25, 0.3) is 5.69 Å². The van der Waals surface area contributed by atoms with Crippen molar-refractivity contribution in [2.45, 2.75) is 39.7 Å². The number of sulfonamides is 1. The number of amides is 2. The van der Waals surface area contributed by atoms with Crippen molar-refractivity contribution in [2.24, 2.45) is 5.92 Å². The first-order valence-corrected chi connectivity index (χ1v) is 13.6. The van der Waals surface area contributed by atoms with E-state index in [4.69, 9.17) is 0 Å². The minimum atomic E-state index is -3.97.